The second kappa shape index (κ2) is 9.36. The van der Waals surface area contributed by atoms with Gasteiger partial charge in [0, 0.05) is 12.1 Å². The van der Waals surface area contributed by atoms with E-state index in [1.807, 2.05) is 0 Å². The lowest BCUT2D eigenvalue weighted by Gasteiger charge is -2.09. The van der Waals surface area contributed by atoms with Crippen molar-refractivity contribution >= 4 is 12.1 Å². The molecule has 0 saturated carbocycles. The fraction of sp³-hybridized carbons (Fsp3) is 0.333. The number of hydrazone groups is 1. The molecule has 0 saturated heterocycles. The van der Waals surface area contributed by atoms with Crippen LogP contribution in [0.2, 0.25) is 0 Å². The number of unbranched alkanes of at least 4 members (excludes halogenated alkanes) is 3. The van der Waals surface area contributed by atoms with Crippen molar-refractivity contribution < 1.29 is 9.90 Å². The van der Waals surface area contributed by atoms with Gasteiger partial charge in [0.15, 0.2) is 0 Å². The van der Waals surface area contributed by atoms with E-state index in [0.29, 0.717) is 18.5 Å². The van der Waals surface area contributed by atoms with Crippen molar-refractivity contribution in [2.75, 3.05) is 0 Å². The highest BCUT2D eigenvalue weighted by molar-refractivity contribution is 5.94. The Morgan fingerprint density at radius 1 is 1.23 bits per heavy atom. The van der Waals surface area contributed by atoms with E-state index in [9.17, 15) is 19.5 Å². The van der Waals surface area contributed by atoms with Crippen LogP contribution in [-0.4, -0.2) is 26.8 Å². The Balaban J connectivity index is 2.14. The van der Waals surface area contributed by atoms with Gasteiger partial charge in [-0.15, -0.1) is 0 Å². The molecule has 1 aromatic carbocycles. The van der Waals surface area contributed by atoms with Gasteiger partial charge in [0.25, 0.3) is 11.5 Å². The molecule has 0 aliphatic carbocycles. The molecule has 0 atom stereocenters. The summed E-state index contributed by atoms with van der Waals surface area (Å²) in [5.41, 5.74) is 1.05. The van der Waals surface area contributed by atoms with E-state index >= 15 is 0 Å². The zero-order chi connectivity index (χ0) is 18.9. The smallest absolute Gasteiger partial charge is 0.331 e. The maximum Gasteiger partial charge on any atom is 0.331 e. The molecule has 0 aliphatic rings. The third kappa shape index (κ3) is 4.92. The second-order valence-electron chi connectivity index (χ2n) is 5.77. The number of rotatable bonds is 8. The molecule has 1 amide bonds. The van der Waals surface area contributed by atoms with Crippen LogP contribution in [0, 0.1) is 0 Å². The number of H-pyrrole nitrogens is 1. The summed E-state index contributed by atoms with van der Waals surface area (Å²) in [6.45, 7) is 2.36. The average molecular weight is 358 g/mol. The maximum atomic E-state index is 11.9. The summed E-state index contributed by atoms with van der Waals surface area (Å²) < 4.78 is 1.09. The Bertz CT molecular complexity index is 884. The number of hydrogen-bond donors (Lipinski definition) is 3. The summed E-state index contributed by atoms with van der Waals surface area (Å²) in [4.78, 5) is 37.8. The van der Waals surface area contributed by atoms with Gasteiger partial charge < -0.3 is 5.11 Å². The fourth-order valence-corrected chi connectivity index (χ4v) is 2.41. The van der Waals surface area contributed by atoms with Crippen LogP contribution in [0.1, 0.15) is 48.5 Å². The summed E-state index contributed by atoms with van der Waals surface area (Å²) in [7, 11) is 0. The van der Waals surface area contributed by atoms with Gasteiger partial charge in [0.2, 0.25) is 5.88 Å². The highest BCUT2D eigenvalue weighted by atomic mass is 16.3. The molecule has 8 nitrogen and oxygen atoms in total. The number of aromatic amines is 1. The predicted molar refractivity (Wildman–Crippen MR) is 98.6 cm³/mol. The van der Waals surface area contributed by atoms with Crippen molar-refractivity contribution in [2.45, 2.75) is 39.2 Å². The minimum absolute atomic E-state index is 0.187. The van der Waals surface area contributed by atoms with Gasteiger partial charge in [0.05, 0.1) is 6.21 Å². The van der Waals surface area contributed by atoms with Crippen molar-refractivity contribution in [3.05, 3.63) is 62.3 Å². The van der Waals surface area contributed by atoms with Crippen LogP contribution in [-0.2, 0) is 6.54 Å². The monoisotopic (exact) mass is 358 g/mol. The quantitative estimate of drug-likeness (QED) is 0.377. The van der Waals surface area contributed by atoms with Gasteiger partial charge in [-0.25, -0.2) is 10.2 Å². The van der Waals surface area contributed by atoms with Gasteiger partial charge in [-0.3, -0.25) is 19.1 Å². The Labute approximate surface area is 150 Å². The summed E-state index contributed by atoms with van der Waals surface area (Å²) in [5, 5.41) is 13.9. The van der Waals surface area contributed by atoms with Crippen molar-refractivity contribution in [1.29, 1.82) is 0 Å². The molecule has 2 aromatic rings. The number of nitrogens with zero attached hydrogens (tertiary/aromatic N) is 2. The number of carbonyl (C=O) groups excluding carboxylic acids is 1. The fourth-order valence-electron chi connectivity index (χ4n) is 2.41. The number of aromatic nitrogens is 2. The largest absolute Gasteiger partial charge is 0.494 e. The van der Waals surface area contributed by atoms with Gasteiger partial charge >= 0.3 is 5.69 Å². The number of hydrogen-bond acceptors (Lipinski definition) is 5. The minimum Gasteiger partial charge on any atom is -0.494 e. The summed E-state index contributed by atoms with van der Waals surface area (Å²) >= 11 is 0. The first-order chi connectivity index (χ1) is 12.5. The molecule has 0 radical (unpaired) electrons. The molecule has 138 valence electrons. The van der Waals surface area contributed by atoms with E-state index in [0.717, 1.165) is 30.0 Å². The Morgan fingerprint density at radius 2 is 1.96 bits per heavy atom. The second-order valence-corrected chi connectivity index (χ2v) is 5.77. The van der Waals surface area contributed by atoms with Crippen LogP contribution in [0.25, 0.3) is 0 Å². The summed E-state index contributed by atoms with van der Waals surface area (Å²) in [6, 6.07) is 8.44. The lowest BCUT2D eigenvalue weighted by Crippen LogP contribution is -2.32. The summed E-state index contributed by atoms with van der Waals surface area (Å²) in [6.07, 6.45) is 4.72. The maximum absolute atomic E-state index is 11.9. The first-order valence-corrected chi connectivity index (χ1v) is 8.49. The minimum atomic E-state index is -0.769. The van der Waals surface area contributed by atoms with Gasteiger partial charge in [0.1, 0.15) is 5.56 Å². The molecule has 26 heavy (non-hydrogen) atoms. The molecule has 3 N–H and O–H groups in total. The van der Waals surface area contributed by atoms with Gasteiger partial charge in [-0.05, 0) is 18.6 Å². The van der Waals surface area contributed by atoms with Crippen LogP contribution in [0.5, 0.6) is 5.88 Å². The Kier molecular flexibility index (Phi) is 6.90. The zero-order valence-electron chi connectivity index (χ0n) is 14.6. The van der Waals surface area contributed by atoms with E-state index in [1.165, 1.54) is 0 Å². The van der Waals surface area contributed by atoms with Crippen LogP contribution >= 0.6 is 0 Å². The third-order valence-electron chi connectivity index (χ3n) is 3.84. The number of aromatic hydroxyl groups is 1. The Hall–Kier alpha value is -3.16. The summed E-state index contributed by atoms with van der Waals surface area (Å²) in [5.74, 6) is -0.918. The molecule has 0 unspecified atom stereocenters. The molecular weight excluding hydrogens is 336 g/mol. The molecule has 1 heterocycles. The molecule has 0 spiro atoms. The lowest BCUT2D eigenvalue weighted by atomic mass is 10.2. The topological polar surface area (TPSA) is 117 Å². The highest BCUT2D eigenvalue weighted by Gasteiger charge is 2.12. The van der Waals surface area contributed by atoms with E-state index in [-0.39, 0.29) is 5.56 Å². The van der Waals surface area contributed by atoms with E-state index in [2.05, 4.69) is 22.4 Å². The van der Waals surface area contributed by atoms with Crippen molar-refractivity contribution in [2.24, 2.45) is 5.10 Å². The van der Waals surface area contributed by atoms with Gasteiger partial charge in [-0.1, -0.05) is 44.4 Å². The highest BCUT2D eigenvalue weighted by Crippen LogP contribution is 2.10. The SMILES string of the molecule is CCCCCCn1c(O)c(C=NNC(=O)c2ccccc2)c(=O)[nH]c1=O. The van der Waals surface area contributed by atoms with Crippen molar-refractivity contribution in [3.63, 3.8) is 0 Å². The van der Waals surface area contributed by atoms with E-state index in [4.69, 9.17) is 0 Å². The number of nitrogens with one attached hydrogen (secondary N) is 2. The van der Waals surface area contributed by atoms with Gasteiger partial charge in [-0.2, -0.15) is 5.10 Å². The number of carbonyl (C=O) groups is 1. The molecule has 1 aromatic heterocycles. The van der Waals surface area contributed by atoms with Crippen LogP contribution in [0.3, 0.4) is 0 Å². The van der Waals surface area contributed by atoms with Crippen molar-refractivity contribution in [3.8, 4) is 5.88 Å². The van der Waals surface area contributed by atoms with Crippen LogP contribution in [0.15, 0.2) is 45.0 Å². The zero-order valence-corrected chi connectivity index (χ0v) is 14.6. The standard InChI is InChI=1S/C18H22N4O4/c1-2-3-4-8-11-22-17(25)14(16(24)20-18(22)26)12-19-21-15(23)13-9-6-5-7-10-13/h5-7,9-10,12,25H,2-4,8,11H2,1H3,(H,21,23)(H,20,24,26). The lowest BCUT2D eigenvalue weighted by molar-refractivity contribution is 0.0955. The predicted octanol–water partition coefficient (Wildman–Crippen LogP) is 1.59. The molecule has 0 fully saturated rings. The molecule has 8 heteroatoms. The third-order valence-corrected chi connectivity index (χ3v) is 3.84. The first kappa shape index (κ1) is 19.2. The molecule has 2 rings (SSSR count). The molecular formula is C18H22N4O4. The van der Waals surface area contributed by atoms with Crippen LogP contribution < -0.4 is 16.7 Å². The normalized spacial score (nSPS) is 11.0. The molecule has 0 aliphatic heterocycles. The van der Waals surface area contributed by atoms with E-state index < -0.39 is 23.0 Å². The van der Waals surface area contributed by atoms with E-state index in [1.54, 1.807) is 30.3 Å². The first-order valence-electron chi connectivity index (χ1n) is 8.49. The Morgan fingerprint density at radius 3 is 2.65 bits per heavy atom. The van der Waals surface area contributed by atoms with Crippen LogP contribution in [0.4, 0.5) is 0 Å². The molecule has 0 bridgehead atoms. The van der Waals surface area contributed by atoms with Crippen molar-refractivity contribution in [1.82, 2.24) is 15.0 Å². The number of benzene rings is 1. The average Bonchev–Trinajstić information content (AvgIpc) is 2.64. The number of amides is 1.